The monoisotopic (exact) mass is 151 g/mol. The van der Waals surface area contributed by atoms with E-state index in [0.717, 1.165) is 12.2 Å². The molecule has 11 heavy (non-hydrogen) atoms. The van der Waals surface area contributed by atoms with E-state index >= 15 is 0 Å². The van der Waals surface area contributed by atoms with Crippen LogP contribution in [-0.4, -0.2) is 0 Å². The smallest absolute Gasteiger partial charge is 0.123 e. The molecule has 1 rings (SSSR count). The van der Waals surface area contributed by atoms with Crippen molar-refractivity contribution in [3.63, 3.8) is 0 Å². The third-order valence-corrected chi connectivity index (χ3v) is 1.65. The van der Waals surface area contributed by atoms with Gasteiger partial charge in [-0.3, -0.25) is 0 Å². The molecule has 1 heterocycles. The second-order valence-corrected chi connectivity index (χ2v) is 2.89. The molecule has 0 bridgehead atoms. The summed E-state index contributed by atoms with van der Waals surface area (Å²) in [7, 11) is 0. The van der Waals surface area contributed by atoms with Gasteiger partial charge < -0.3 is 10.2 Å². The molecule has 0 unspecified atom stereocenters. The van der Waals surface area contributed by atoms with Crippen LogP contribution in [-0.2, 0) is 5.54 Å². The minimum absolute atomic E-state index is 0.411. The van der Waals surface area contributed by atoms with Crippen LogP contribution in [0.2, 0.25) is 0 Å². The molecule has 2 heteroatoms. The van der Waals surface area contributed by atoms with Gasteiger partial charge in [-0.2, -0.15) is 0 Å². The van der Waals surface area contributed by atoms with Crippen molar-refractivity contribution in [3.05, 3.63) is 36.8 Å². The third kappa shape index (κ3) is 1.71. The molecule has 0 radical (unpaired) electrons. The fourth-order valence-electron chi connectivity index (χ4n) is 1.00. The predicted molar refractivity (Wildman–Crippen MR) is 45.1 cm³/mol. The van der Waals surface area contributed by atoms with Crippen molar-refractivity contribution in [2.75, 3.05) is 0 Å². The van der Waals surface area contributed by atoms with Crippen molar-refractivity contribution in [1.82, 2.24) is 0 Å². The van der Waals surface area contributed by atoms with E-state index in [2.05, 4.69) is 6.58 Å². The van der Waals surface area contributed by atoms with E-state index in [1.54, 1.807) is 12.3 Å². The molecule has 0 spiro atoms. The Hall–Kier alpha value is -1.02. The van der Waals surface area contributed by atoms with Gasteiger partial charge in [0.1, 0.15) is 5.76 Å². The van der Waals surface area contributed by atoms with Gasteiger partial charge in [-0.25, -0.2) is 0 Å². The number of hydrogen-bond donors (Lipinski definition) is 1. The van der Waals surface area contributed by atoms with Crippen LogP contribution in [0.3, 0.4) is 0 Å². The molecule has 0 saturated heterocycles. The topological polar surface area (TPSA) is 39.2 Å². The maximum atomic E-state index is 5.93. The van der Waals surface area contributed by atoms with Crippen molar-refractivity contribution < 1.29 is 4.42 Å². The zero-order chi connectivity index (χ0) is 8.32. The van der Waals surface area contributed by atoms with E-state index in [4.69, 9.17) is 10.2 Å². The minimum Gasteiger partial charge on any atom is -0.467 e. The second-order valence-electron chi connectivity index (χ2n) is 2.89. The first-order chi connectivity index (χ1) is 5.17. The summed E-state index contributed by atoms with van der Waals surface area (Å²) in [5, 5.41) is 0. The average Bonchev–Trinajstić information content (AvgIpc) is 2.37. The van der Waals surface area contributed by atoms with Gasteiger partial charge in [-0.15, -0.1) is 6.58 Å². The Morgan fingerprint density at radius 2 is 2.55 bits per heavy atom. The molecule has 1 atom stereocenters. The van der Waals surface area contributed by atoms with Crippen LogP contribution in [0.4, 0.5) is 0 Å². The second kappa shape index (κ2) is 2.93. The highest BCUT2D eigenvalue weighted by Gasteiger charge is 2.21. The SMILES string of the molecule is C=CC[C@](C)(N)c1ccco1. The Morgan fingerprint density at radius 3 is 3.00 bits per heavy atom. The first-order valence-electron chi connectivity index (χ1n) is 3.60. The molecule has 0 saturated carbocycles. The summed E-state index contributed by atoms with van der Waals surface area (Å²) in [6.07, 6.45) is 4.15. The number of rotatable bonds is 3. The van der Waals surface area contributed by atoms with Gasteiger partial charge in [-0.1, -0.05) is 6.08 Å². The van der Waals surface area contributed by atoms with Crippen LogP contribution >= 0.6 is 0 Å². The quantitative estimate of drug-likeness (QED) is 0.671. The molecule has 2 N–H and O–H groups in total. The molecule has 0 aromatic carbocycles. The number of furan rings is 1. The first-order valence-corrected chi connectivity index (χ1v) is 3.60. The fraction of sp³-hybridized carbons (Fsp3) is 0.333. The van der Waals surface area contributed by atoms with E-state index in [9.17, 15) is 0 Å². The molecule has 60 valence electrons. The summed E-state index contributed by atoms with van der Waals surface area (Å²) in [5.41, 5.74) is 5.52. The largest absolute Gasteiger partial charge is 0.467 e. The molecular weight excluding hydrogens is 138 g/mol. The van der Waals surface area contributed by atoms with E-state index in [1.165, 1.54) is 0 Å². The Bertz CT molecular complexity index is 224. The van der Waals surface area contributed by atoms with Crippen molar-refractivity contribution in [3.8, 4) is 0 Å². The minimum atomic E-state index is -0.411. The molecular formula is C9H13NO. The molecule has 1 aromatic rings. The maximum Gasteiger partial charge on any atom is 0.123 e. The van der Waals surface area contributed by atoms with Crippen LogP contribution in [0, 0.1) is 0 Å². The number of hydrogen-bond acceptors (Lipinski definition) is 2. The predicted octanol–water partition coefficient (Wildman–Crippen LogP) is 2.03. The Labute approximate surface area is 66.7 Å². The highest BCUT2D eigenvalue weighted by Crippen LogP contribution is 2.21. The molecule has 2 nitrogen and oxygen atoms in total. The van der Waals surface area contributed by atoms with E-state index in [1.807, 2.05) is 19.1 Å². The Morgan fingerprint density at radius 1 is 1.82 bits per heavy atom. The zero-order valence-electron chi connectivity index (χ0n) is 6.71. The molecule has 0 aliphatic heterocycles. The molecule has 0 amide bonds. The first kappa shape index (κ1) is 8.08. The van der Waals surface area contributed by atoms with Gasteiger partial charge in [0.05, 0.1) is 11.8 Å². The van der Waals surface area contributed by atoms with E-state index in [-0.39, 0.29) is 0 Å². The standard InChI is InChI=1S/C9H13NO/c1-3-6-9(2,10)8-5-4-7-11-8/h3-5,7H,1,6,10H2,2H3/t9-/m0/s1. The third-order valence-electron chi connectivity index (χ3n) is 1.65. The molecule has 0 fully saturated rings. The summed E-state index contributed by atoms with van der Waals surface area (Å²) in [6, 6.07) is 3.72. The van der Waals surface area contributed by atoms with Crippen LogP contribution in [0.25, 0.3) is 0 Å². The normalized spacial score (nSPS) is 15.8. The Balaban J connectivity index is 2.81. The van der Waals surface area contributed by atoms with Crippen molar-refractivity contribution >= 4 is 0 Å². The van der Waals surface area contributed by atoms with Crippen LogP contribution in [0.5, 0.6) is 0 Å². The highest BCUT2D eigenvalue weighted by molar-refractivity contribution is 5.11. The van der Waals surface area contributed by atoms with Gasteiger partial charge >= 0.3 is 0 Å². The summed E-state index contributed by atoms with van der Waals surface area (Å²) < 4.78 is 5.18. The lowest BCUT2D eigenvalue weighted by atomic mass is 9.96. The zero-order valence-corrected chi connectivity index (χ0v) is 6.71. The molecule has 0 aliphatic carbocycles. The van der Waals surface area contributed by atoms with Crippen LogP contribution < -0.4 is 5.73 Å². The van der Waals surface area contributed by atoms with E-state index in [0.29, 0.717) is 0 Å². The van der Waals surface area contributed by atoms with Gasteiger partial charge in [0.15, 0.2) is 0 Å². The lowest BCUT2D eigenvalue weighted by molar-refractivity contribution is 0.371. The van der Waals surface area contributed by atoms with Crippen LogP contribution in [0.15, 0.2) is 35.5 Å². The van der Waals surface area contributed by atoms with Crippen molar-refractivity contribution in [1.29, 1.82) is 0 Å². The maximum absolute atomic E-state index is 5.93. The molecule has 1 aromatic heterocycles. The van der Waals surface area contributed by atoms with Gasteiger partial charge in [0.25, 0.3) is 0 Å². The number of nitrogens with two attached hydrogens (primary N) is 1. The fourth-order valence-corrected chi connectivity index (χ4v) is 1.00. The van der Waals surface area contributed by atoms with E-state index < -0.39 is 5.54 Å². The highest BCUT2D eigenvalue weighted by atomic mass is 16.3. The molecule has 0 aliphatic rings. The summed E-state index contributed by atoms with van der Waals surface area (Å²) >= 11 is 0. The van der Waals surface area contributed by atoms with Crippen molar-refractivity contribution in [2.45, 2.75) is 18.9 Å². The lowest BCUT2D eigenvalue weighted by Crippen LogP contribution is -2.31. The van der Waals surface area contributed by atoms with Gasteiger partial charge in [0.2, 0.25) is 0 Å². The summed E-state index contributed by atoms with van der Waals surface area (Å²) in [4.78, 5) is 0. The summed E-state index contributed by atoms with van der Waals surface area (Å²) in [5.74, 6) is 0.803. The lowest BCUT2D eigenvalue weighted by Gasteiger charge is -2.19. The average molecular weight is 151 g/mol. The van der Waals surface area contributed by atoms with Gasteiger partial charge in [-0.05, 0) is 25.5 Å². The van der Waals surface area contributed by atoms with Crippen molar-refractivity contribution in [2.24, 2.45) is 5.73 Å². The van der Waals surface area contributed by atoms with Gasteiger partial charge in [0, 0.05) is 0 Å². The summed E-state index contributed by atoms with van der Waals surface area (Å²) in [6.45, 7) is 5.56. The Kier molecular flexibility index (Phi) is 2.15. The van der Waals surface area contributed by atoms with Crippen LogP contribution in [0.1, 0.15) is 19.1 Å².